The fourth-order valence-corrected chi connectivity index (χ4v) is 3.26. The first kappa shape index (κ1) is 21.0. The number of carbonyl (C=O) groups is 1. The van der Waals surface area contributed by atoms with E-state index in [-0.39, 0.29) is 24.0 Å². The summed E-state index contributed by atoms with van der Waals surface area (Å²) in [6.07, 6.45) is -0.162. The van der Waals surface area contributed by atoms with Gasteiger partial charge in [0, 0.05) is 12.8 Å². The molecule has 1 aromatic carbocycles. The Hall–Kier alpha value is -2.68. The molecule has 2 N–H and O–H groups in total. The van der Waals surface area contributed by atoms with Gasteiger partial charge in [-0.15, -0.1) is 0 Å². The van der Waals surface area contributed by atoms with Crippen molar-refractivity contribution in [3.8, 4) is 0 Å². The quantitative estimate of drug-likeness (QED) is 0.659. The molecule has 3 rings (SSSR count). The average molecular weight is 407 g/mol. The molecule has 6 nitrogen and oxygen atoms in total. The summed E-state index contributed by atoms with van der Waals surface area (Å²) in [5.41, 5.74) is 1.10. The maximum Gasteiger partial charge on any atom is 0.282 e. The van der Waals surface area contributed by atoms with E-state index in [0.29, 0.717) is 5.56 Å². The van der Waals surface area contributed by atoms with E-state index < -0.39 is 24.2 Å². The Morgan fingerprint density at radius 3 is 2.66 bits per heavy atom. The van der Waals surface area contributed by atoms with Gasteiger partial charge in [-0.2, -0.15) is 5.10 Å². The minimum atomic E-state index is -2.74. The smallest absolute Gasteiger partial charge is 0.282 e. The zero-order valence-electron chi connectivity index (χ0n) is 16.3. The van der Waals surface area contributed by atoms with E-state index in [2.05, 4.69) is 15.7 Å². The highest BCUT2D eigenvalue weighted by Crippen LogP contribution is 2.29. The first-order chi connectivity index (χ1) is 13.9. The van der Waals surface area contributed by atoms with Crippen LogP contribution in [0.3, 0.4) is 0 Å². The summed E-state index contributed by atoms with van der Waals surface area (Å²) in [5, 5.41) is 9.48. The molecule has 1 unspecified atom stereocenters. The number of benzene rings is 1. The summed E-state index contributed by atoms with van der Waals surface area (Å²) in [6, 6.07) is 7.28. The Morgan fingerprint density at radius 1 is 1.34 bits per heavy atom. The van der Waals surface area contributed by atoms with Gasteiger partial charge in [0.1, 0.15) is 23.4 Å². The molecule has 2 aromatic rings. The van der Waals surface area contributed by atoms with Gasteiger partial charge in [-0.3, -0.25) is 19.8 Å². The summed E-state index contributed by atoms with van der Waals surface area (Å²) in [4.78, 5) is 17.2. The van der Waals surface area contributed by atoms with Crippen molar-refractivity contribution < 1.29 is 18.0 Å². The highest BCUT2D eigenvalue weighted by Gasteiger charge is 2.26. The molecule has 0 radical (unpaired) electrons. The third-order valence-corrected chi connectivity index (χ3v) is 5.09. The van der Waals surface area contributed by atoms with Crippen molar-refractivity contribution in [2.45, 2.75) is 31.9 Å². The summed E-state index contributed by atoms with van der Waals surface area (Å²) in [7, 11) is 3.18. The lowest BCUT2D eigenvalue weighted by atomic mass is 9.81. The predicted molar refractivity (Wildman–Crippen MR) is 103 cm³/mol. The van der Waals surface area contributed by atoms with Crippen LogP contribution in [-0.2, 0) is 7.05 Å². The molecule has 156 valence electrons. The number of hydrogen-bond acceptors (Lipinski definition) is 4. The fourth-order valence-electron chi connectivity index (χ4n) is 3.26. The molecular formula is C20H24F3N5O. The lowest BCUT2D eigenvalue weighted by Crippen LogP contribution is -2.37. The molecule has 9 heteroatoms. The van der Waals surface area contributed by atoms with Crippen molar-refractivity contribution in [2.24, 2.45) is 18.0 Å². The summed E-state index contributed by atoms with van der Waals surface area (Å²) in [5.74, 6) is -0.601. The van der Waals surface area contributed by atoms with E-state index in [9.17, 15) is 18.0 Å². The minimum absolute atomic E-state index is 0.0588. The zero-order chi connectivity index (χ0) is 21.0. The number of halogens is 3. The molecule has 1 saturated carbocycles. The van der Waals surface area contributed by atoms with Crippen molar-refractivity contribution >= 4 is 11.6 Å². The molecule has 1 aliphatic rings. The monoisotopic (exact) mass is 407 g/mol. The van der Waals surface area contributed by atoms with Crippen LogP contribution < -0.4 is 10.6 Å². The maximum absolute atomic E-state index is 13.6. The average Bonchev–Trinajstić information content (AvgIpc) is 3.04. The van der Waals surface area contributed by atoms with Crippen molar-refractivity contribution in [1.82, 2.24) is 20.4 Å². The number of nitrogens with zero attached hydrogens (tertiary/aromatic N) is 3. The lowest BCUT2D eigenvalue weighted by Gasteiger charge is -2.28. The number of hydrogen-bond donors (Lipinski definition) is 2. The van der Waals surface area contributed by atoms with Gasteiger partial charge in [0.2, 0.25) is 0 Å². The molecule has 0 aliphatic heterocycles. The van der Waals surface area contributed by atoms with Crippen LogP contribution >= 0.6 is 0 Å². The van der Waals surface area contributed by atoms with Crippen LogP contribution in [0.15, 0.2) is 35.3 Å². The molecule has 1 aromatic heterocycles. The first-order valence-corrected chi connectivity index (χ1v) is 9.48. The number of rotatable bonds is 8. The fraction of sp³-hybridized carbons (Fsp3) is 0.450. The molecule has 1 fully saturated rings. The van der Waals surface area contributed by atoms with Gasteiger partial charge in [0.15, 0.2) is 0 Å². The Balaban J connectivity index is 1.75. The van der Waals surface area contributed by atoms with E-state index in [1.807, 2.05) is 0 Å². The van der Waals surface area contributed by atoms with Crippen molar-refractivity contribution in [3.05, 3.63) is 53.1 Å². The molecule has 1 amide bonds. The minimum Gasteiger partial charge on any atom is -0.345 e. The predicted octanol–water partition coefficient (Wildman–Crippen LogP) is 3.39. The molecule has 29 heavy (non-hydrogen) atoms. The van der Waals surface area contributed by atoms with Crippen LogP contribution in [0.25, 0.3) is 0 Å². The standard InChI is InChI=1S/C20H24F3N5O/c1-24-19(13-7-4-8-14(21)9-13)26-16(12-5-3-6-12)11-25-20(29)17-10-15(18(22)23)27-28(17)2/h4,7-10,12,18-19,24H,3,5-6,11H2,1-2H3,(H,25,29)/b26-16-. The van der Waals surface area contributed by atoms with Crippen molar-refractivity contribution in [3.63, 3.8) is 0 Å². The number of alkyl halides is 2. The normalized spacial score (nSPS) is 16.0. The second kappa shape index (κ2) is 9.21. The Morgan fingerprint density at radius 2 is 2.10 bits per heavy atom. The number of aryl methyl sites for hydroxylation is 1. The second-order valence-electron chi connectivity index (χ2n) is 7.06. The molecule has 0 bridgehead atoms. The summed E-state index contributed by atoms with van der Waals surface area (Å²) >= 11 is 0. The van der Waals surface area contributed by atoms with Gasteiger partial charge in [0.05, 0.1) is 6.54 Å². The molecule has 1 heterocycles. The Bertz CT molecular complexity index is 892. The molecule has 1 atom stereocenters. The van der Waals surface area contributed by atoms with Gasteiger partial charge in [-0.05, 0) is 49.6 Å². The highest BCUT2D eigenvalue weighted by atomic mass is 19.3. The zero-order valence-corrected chi connectivity index (χ0v) is 16.3. The molecule has 0 spiro atoms. The largest absolute Gasteiger partial charge is 0.345 e. The third-order valence-electron chi connectivity index (χ3n) is 5.09. The Labute approximate surface area is 167 Å². The van der Waals surface area contributed by atoms with E-state index >= 15 is 0 Å². The van der Waals surface area contributed by atoms with Gasteiger partial charge in [-0.25, -0.2) is 13.2 Å². The highest BCUT2D eigenvalue weighted by molar-refractivity contribution is 5.97. The number of amides is 1. The SMILES string of the molecule is CNC(/N=C(/CNC(=O)c1cc(C(F)F)nn1C)C1CCC1)c1cccc(F)c1. The van der Waals surface area contributed by atoms with E-state index in [0.717, 1.165) is 35.7 Å². The van der Waals surface area contributed by atoms with Crippen molar-refractivity contribution in [1.29, 1.82) is 0 Å². The van der Waals surface area contributed by atoms with Gasteiger partial charge in [-0.1, -0.05) is 18.6 Å². The number of aliphatic imine (C=N–C) groups is 1. The lowest BCUT2D eigenvalue weighted by molar-refractivity contribution is 0.0949. The van der Waals surface area contributed by atoms with Crippen molar-refractivity contribution in [2.75, 3.05) is 13.6 Å². The topological polar surface area (TPSA) is 71.3 Å². The molecular weight excluding hydrogens is 383 g/mol. The third kappa shape index (κ3) is 5.03. The van der Waals surface area contributed by atoms with Crippen LogP contribution in [0.1, 0.15) is 53.6 Å². The number of nitrogens with one attached hydrogen (secondary N) is 2. The second-order valence-corrected chi connectivity index (χ2v) is 7.06. The maximum atomic E-state index is 13.6. The summed E-state index contributed by atoms with van der Waals surface area (Å²) in [6.45, 7) is 0.187. The van der Waals surface area contributed by atoms with Crippen LogP contribution in [0, 0.1) is 11.7 Å². The molecule has 0 saturated heterocycles. The van der Waals surface area contributed by atoms with Gasteiger partial charge >= 0.3 is 0 Å². The van der Waals surface area contributed by atoms with E-state index in [4.69, 9.17) is 4.99 Å². The van der Waals surface area contributed by atoms with Crippen LogP contribution in [0.4, 0.5) is 13.2 Å². The first-order valence-electron chi connectivity index (χ1n) is 9.48. The van der Waals surface area contributed by atoms with Crippen LogP contribution in [-0.4, -0.2) is 35.0 Å². The number of carbonyl (C=O) groups excluding carboxylic acids is 1. The number of aromatic nitrogens is 2. The van der Waals surface area contributed by atoms with Crippen LogP contribution in [0.5, 0.6) is 0 Å². The summed E-state index contributed by atoms with van der Waals surface area (Å²) < 4.78 is 40.3. The van der Waals surface area contributed by atoms with Crippen LogP contribution in [0.2, 0.25) is 0 Å². The van der Waals surface area contributed by atoms with E-state index in [1.165, 1.54) is 19.2 Å². The Kier molecular flexibility index (Phi) is 6.68. The molecule has 1 aliphatic carbocycles. The van der Waals surface area contributed by atoms with Gasteiger partial charge < -0.3 is 5.32 Å². The van der Waals surface area contributed by atoms with Gasteiger partial charge in [0.25, 0.3) is 12.3 Å². The van der Waals surface area contributed by atoms with E-state index in [1.54, 1.807) is 19.2 Å².